The number of nitrogens with zero attached hydrogens (tertiary/aromatic N) is 3. The molecule has 10 heteroatoms. The first-order valence-corrected chi connectivity index (χ1v) is 10.8. The number of halogens is 1. The molecule has 0 unspecified atom stereocenters. The van der Waals surface area contributed by atoms with E-state index in [1.165, 1.54) is 0 Å². The highest BCUT2D eigenvalue weighted by molar-refractivity contribution is 14.0. The predicted octanol–water partition coefficient (Wildman–Crippen LogP) is 1.81. The quantitative estimate of drug-likeness (QED) is 0.347. The van der Waals surface area contributed by atoms with E-state index in [-0.39, 0.29) is 42.1 Å². The number of hydrogen-bond acceptors (Lipinski definition) is 5. The number of anilines is 1. The van der Waals surface area contributed by atoms with Gasteiger partial charge in [-0.15, -0.1) is 24.0 Å². The summed E-state index contributed by atoms with van der Waals surface area (Å²) < 4.78 is 23.5. The number of rotatable bonds is 5. The van der Waals surface area contributed by atoms with Crippen molar-refractivity contribution in [2.75, 3.05) is 37.2 Å². The van der Waals surface area contributed by atoms with E-state index >= 15 is 0 Å². The summed E-state index contributed by atoms with van der Waals surface area (Å²) in [5.74, 6) is 1.11. The second kappa shape index (κ2) is 10.4. The fraction of sp³-hybridized carbons (Fsp3) is 0.611. The molecule has 0 aliphatic carbocycles. The molecule has 1 aromatic heterocycles. The van der Waals surface area contributed by atoms with Crippen molar-refractivity contribution in [1.29, 1.82) is 0 Å². The van der Waals surface area contributed by atoms with Crippen molar-refractivity contribution in [3.8, 4) is 0 Å². The maximum absolute atomic E-state index is 12.2. The van der Waals surface area contributed by atoms with Crippen LogP contribution in [-0.2, 0) is 14.6 Å². The number of nitrogens with one attached hydrogen (secondary N) is 2. The summed E-state index contributed by atoms with van der Waals surface area (Å²) in [5, 5.41) is 5.94. The Morgan fingerprint density at radius 1 is 1.36 bits per heavy atom. The van der Waals surface area contributed by atoms with Gasteiger partial charge in [-0.3, -0.25) is 9.79 Å². The smallest absolute Gasteiger partial charge is 0.227 e. The molecule has 1 aromatic rings. The molecule has 2 rings (SSSR count). The van der Waals surface area contributed by atoms with Gasteiger partial charge in [0.25, 0.3) is 0 Å². The highest BCUT2D eigenvalue weighted by Gasteiger charge is 2.40. The Labute approximate surface area is 184 Å². The highest BCUT2D eigenvalue weighted by Crippen LogP contribution is 2.23. The van der Waals surface area contributed by atoms with Gasteiger partial charge in [-0.25, -0.2) is 13.4 Å². The Balaban J connectivity index is 0.00000392. The van der Waals surface area contributed by atoms with Crippen LogP contribution in [0.5, 0.6) is 0 Å². The van der Waals surface area contributed by atoms with E-state index in [1.54, 1.807) is 19.9 Å². The van der Waals surface area contributed by atoms with Crippen molar-refractivity contribution >= 4 is 51.5 Å². The van der Waals surface area contributed by atoms with Crippen LogP contribution in [-0.4, -0.2) is 66.8 Å². The van der Waals surface area contributed by atoms with Crippen LogP contribution < -0.4 is 10.6 Å². The molecule has 1 aliphatic heterocycles. The molecule has 1 amide bonds. The summed E-state index contributed by atoms with van der Waals surface area (Å²) in [5.41, 5.74) is 0.836. The van der Waals surface area contributed by atoms with Crippen LogP contribution in [0.25, 0.3) is 0 Å². The predicted molar refractivity (Wildman–Crippen MR) is 123 cm³/mol. The number of carbonyl (C=O) groups is 1. The van der Waals surface area contributed by atoms with Gasteiger partial charge < -0.3 is 15.5 Å². The summed E-state index contributed by atoms with van der Waals surface area (Å²) in [6.45, 7) is 9.05. The Kier molecular flexibility index (Phi) is 9.12. The molecular weight excluding hydrogens is 493 g/mol. The lowest BCUT2D eigenvalue weighted by Crippen LogP contribution is -2.57. The van der Waals surface area contributed by atoms with E-state index in [4.69, 9.17) is 0 Å². The number of carbonyl (C=O) groups excluding carboxylic acids is 1. The summed E-state index contributed by atoms with van der Waals surface area (Å²) in [6.07, 6.45) is 0.222. The topological polar surface area (TPSA) is 104 Å². The van der Waals surface area contributed by atoms with Gasteiger partial charge in [0.2, 0.25) is 5.91 Å². The van der Waals surface area contributed by atoms with Crippen LogP contribution in [0, 0.1) is 6.92 Å². The molecule has 2 N–H and O–H groups in total. The first kappa shape index (κ1) is 24.6. The third-order valence-corrected chi connectivity index (χ3v) is 6.97. The molecule has 0 spiro atoms. The molecule has 158 valence electrons. The first-order chi connectivity index (χ1) is 12.6. The van der Waals surface area contributed by atoms with Crippen LogP contribution in [0.2, 0.25) is 0 Å². The normalized spacial score (nSPS) is 18.1. The Hall–Kier alpha value is -1.43. The standard InChI is InChI=1S/C18H29N5O3S.HI/c1-5-19-17(23-11-12-27(25,26)18(3,4)13-23)20-10-9-16(24)22-15-8-6-7-14(2)21-15;/h6-8H,5,9-13H2,1-4H3,(H,19,20)(H,21,22,24);1H. The van der Waals surface area contributed by atoms with Crippen molar-refractivity contribution in [1.82, 2.24) is 15.2 Å². The number of sulfone groups is 1. The SMILES string of the molecule is CCNC(=NCCC(=O)Nc1cccc(C)n1)N1CCS(=O)(=O)C(C)(C)C1.I. The second-order valence-electron chi connectivity index (χ2n) is 7.20. The van der Waals surface area contributed by atoms with Gasteiger partial charge in [-0.2, -0.15) is 0 Å². The molecule has 28 heavy (non-hydrogen) atoms. The molecule has 1 saturated heterocycles. The van der Waals surface area contributed by atoms with Crippen molar-refractivity contribution in [2.24, 2.45) is 4.99 Å². The van der Waals surface area contributed by atoms with E-state index in [0.29, 0.717) is 38.0 Å². The second-order valence-corrected chi connectivity index (χ2v) is 9.94. The minimum Gasteiger partial charge on any atom is -0.357 e. The number of aliphatic imine (C=N–C) groups is 1. The van der Waals surface area contributed by atoms with Gasteiger partial charge in [0, 0.05) is 31.7 Å². The molecule has 2 heterocycles. The van der Waals surface area contributed by atoms with Crippen molar-refractivity contribution in [3.05, 3.63) is 23.9 Å². The van der Waals surface area contributed by atoms with Gasteiger partial charge in [0.15, 0.2) is 15.8 Å². The summed E-state index contributed by atoms with van der Waals surface area (Å²) >= 11 is 0. The van der Waals surface area contributed by atoms with Crippen LogP contribution in [0.1, 0.15) is 32.9 Å². The van der Waals surface area contributed by atoms with Gasteiger partial charge in [0.1, 0.15) is 5.82 Å². The molecule has 8 nitrogen and oxygen atoms in total. The average Bonchev–Trinajstić information content (AvgIpc) is 2.56. The largest absolute Gasteiger partial charge is 0.357 e. The Morgan fingerprint density at radius 3 is 2.68 bits per heavy atom. The van der Waals surface area contributed by atoms with Crippen LogP contribution >= 0.6 is 24.0 Å². The molecule has 1 fully saturated rings. The molecule has 0 saturated carbocycles. The van der Waals surface area contributed by atoms with E-state index in [0.717, 1.165) is 5.69 Å². The fourth-order valence-electron chi connectivity index (χ4n) is 2.83. The summed E-state index contributed by atoms with van der Waals surface area (Å²) in [6, 6.07) is 5.45. The van der Waals surface area contributed by atoms with Crippen molar-refractivity contribution in [2.45, 2.75) is 38.9 Å². The number of hydrogen-bond donors (Lipinski definition) is 2. The lowest BCUT2D eigenvalue weighted by atomic mass is 10.2. The third-order valence-electron chi connectivity index (χ3n) is 4.43. The van der Waals surface area contributed by atoms with Gasteiger partial charge >= 0.3 is 0 Å². The lowest BCUT2D eigenvalue weighted by molar-refractivity contribution is -0.116. The Morgan fingerprint density at radius 2 is 2.07 bits per heavy atom. The van der Waals surface area contributed by atoms with E-state index in [2.05, 4.69) is 20.6 Å². The molecule has 1 aliphatic rings. The molecular formula is C18H30IN5O3S. The zero-order valence-corrected chi connectivity index (χ0v) is 20.0. The fourth-order valence-corrected chi connectivity index (χ4v) is 4.20. The molecule has 0 bridgehead atoms. The molecule has 0 atom stereocenters. The first-order valence-electron chi connectivity index (χ1n) is 9.14. The summed E-state index contributed by atoms with van der Waals surface area (Å²) in [7, 11) is -3.11. The third kappa shape index (κ3) is 6.57. The zero-order chi connectivity index (χ0) is 20.1. The van der Waals surface area contributed by atoms with Crippen molar-refractivity contribution < 1.29 is 13.2 Å². The van der Waals surface area contributed by atoms with Gasteiger partial charge in [-0.1, -0.05) is 6.07 Å². The van der Waals surface area contributed by atoms with Crippen LogP contribution in [0.3, 0.4) is 0 Å². The van der Waals surface area contributed by atoms with Crippen molar-refractivity contribution in [3.63, 3.8) is 0 Å². The number of pyridine rings is 1. The minimum atomic E-state index is -3.11. The monoisotopic (exact) mass is 523 g/mol. The van der Waals surface area contributed by atoms with Crippen LogP contribution in [0.4, 0.5) is 5.82 Å². The summed E-state index contributed by atoms with van der Waals surface area (Å²) in [4.78, 5) is 22.8. The minimum absolute atomic E-state index is 0. The lowest BCUT2D eigenvalue weighted by Gasteiger charge is -2.39. The van der Waals surface area contributed by atoms with E-state index < -0.39 is 14.6 Å². The number of aromatic nitrogens is 1. The van der Waals surface area contributed by atoms with Gasteiger partial charge in [0.05, 0.1) is 17.0 Å². The maximum Gasteiger partial charge on any atom is 0.227 e. The van der Waals surface area contributed by atoms with Gasteiger partial charge in [-0.05, 0) is 39.8 Å². The molecule has 0 radical (unpaired) electrons. The molecule has 0 aromatic carbocycles. The zero-order valence-electron chi connectivity index (χ0n) is 16.9. The number of guanidine groups is 1. The Bertz CT molecular complexity index is 811. The number of aryl methyl sites for hydroxylation is 1. The van der Waals surface area contributed by atoms with Crippen LogP contribution in [0.15, 0.2) is 23.2 Å². The number of amides is 1. The maximum atomic E-state index is 12.2. The highest BCUT2D eigenvalue weighted by atomic mass is 127. The van der Waals surface area contributed by atoms with E-state index in [9.17, 15) is 13.2 Å². The average molecular weight is 523 g/mol. The van der Waals surface area contributed by atoms with E-state index in [1.807, 2.05) is 30.9 Å².